The SMILES string of the molecule is CCc1c(-c2ccnc3c2cnn3C(=O)OC(C)(C)C)n(C(=O)OC(C)(C)C)c2cccc(C)c12. The number of fused-ring (bicyclic) bond motifs is 2. The molecule has 3 aromatic heterocycles. The van der Waals surface area contributed by atoms with Crippen molar-refractivity contribution in [3.8, 4) is 11.3 Å². The molecule has 0 amide bonds. The van der Waals surface area contributed by atoms with Crippen molar-refractivity contribution in [1.82, 2.24) is 19.3 Å². The van der Waals surface area contributed by atoms with Crippen LogP contribution in [0.3, 0.4) is 0 Å². The zero-order chi connectivity index (χ0) is 25.7. The fourth-order valence-electron chi connectivity index (χ4n) is 4.30. The van der Waals surface area contributed by atoms with E-state index in [1.54, 1.807) is 37.7 Å². The van der Waals surface area contributed by atoms with Crippen LogP contribution in [0.4, 0.5) is 9.59 Å². The van der Waals surface area contributed by atoms with Crippen molar-refractivity contribution < 1.29 is 19.1 Å². The summed E-state index contributed by atoms with van der Waals surface area (Å²) >= 11 is 0. The van der Waals surface area contributed by atoms with Crippen LogP contribution in [-0.4, -0.2) is 42.7 Å². The highest BCUT2D eigenvalue weighted by Crippen LogP contribution is 2.39. The highest BCUT2D eigenvalue weighted by molar-refractivity contribution is 6.05. The summed E-state index contributed by atoms with van der Waals surface area (Å²) in [6, 6.07) is 7.74. The second-order valence-electron chi connectivity index (χ2n) is 10.6. The lowest BCUT2D eigenvalue weighted by atomic mass is 10.00. The van der Waals surface area contributed by atoms with Gasteiger partial charge in [0.15, 0.2) is 5.65 Å². The smallest absolute Gasteiger partial charge is 0.437 e. The lowest BCUT2D eigenvalue weighted by Crippen LogP contribution is -2.28. The second-order valence-corrected chi connectivity index (χ2v) is 10.6. The predicted octanol–water partition coefficient (Wildman–Crippen LogP) is 6.49. The molecule has 0 aliphatic carbocycles. The third kappa shape index (κ3) is 4.52. The van der Waals surface area contributed by atoms with Crippen LogP contribution in [-0.2, 0) is 15.9 Å². The monoisotopic (exact) mass is 476 g/mol. The van der Waals surface area contributed by atoms with Gasteiger partial charge >= 0.3 is 12.2 Å². The molecule has 1 aromatic carbocycles. The van der Waals surface area contributed by atoms with E-state index in [4.69, 9.17) is 9.47 Å². The van der Waals surface area contributed by atoms with Crippen LogP contribution in [0.2, 0.25) is 0 Å². The molecule has 0 saturated carbocycles. The zero-order valence-corrected chi connectivity index (χ0v) is 21.6. The van der Waals surface area contributed by atoms with E-state index in [1.807, 2.05) is 52.0 Å². The first kappa shape index (κ1) is 24.4. The van der Waals surface area contributed by atoms with Crippen molar-refractivity contribution in [2.45, 2.75) is 73.0 Å². The summed E-state index contributed by atoms with van der Waals surface area (Å²) in [5.41, 5.74) is 3.32. The number of hydrogen-bond donors (Lipinski definition) is 0. The van der Waals surface area contributed by atoms with Crippen LogP contribution in [0.5, 0.6) is 0 Å². The molecule has 0 saturated heterocycles. The molecule has 4 rings (SSSR count). The molecular weight excluding hydrogens is 444 g/mol. The molecule has 0 aliphatic heterocycles. The van der Waals surface area contributed by atoms with Gasteiger partial charge in [-0.05, 0) is 78.1 Å². The van der Waals surface area contributed by atoms with Gasteiger partial charge in [-0.2, -0.15) is 5.10 Å². The molecule has 0 atom stereocenters. The topological polar surface area (TPSA) is 88.2 Å². The van der Waals surface area contributed by atoms with Crippen LogP contribution in [0.1, 0.15) is 59.6 Å². The van der Waals surface area contributed by atoms with Crippen molar-refractivity contribution in [2.75, 3.05) is 0 Å². The zero-order valence-electron chi connectivity index (χ0n) is 21.6. The van der Waals surface area contributed by atoms with E-state index in [1.165, 1.54) is 0 Å². The summed E-state index contributed by atoms with van der Waals surface area (Å²) in [5, 5.41) is 5.93. The van der Waals surface area contributed by atoms with Gasteiger partial charge in [0.05, 0.1) is 17.4 Å². The molecule has 0 aliphatic rings. The van der Waals surface area contributed by atoms with Gasteiger partial charge in [-0.25, -0.2) is 19.1 Å². The third-order valence-corrected chi connectivity index (χ3v) is 5.53. The first-order chi connectivity index (χ1) is 16.3. The number of carbonyl (C=O) groups excluding carboxylic acids is 2. The Morgan fingerprint density at radius 1 is 0.971 bits per heavy atom. The van der Waals surface area contributed by atoms with Crippen LogP contribution in [0, 0.1) is 6.92 Å². The van der Waals surface area contributed by atoms with Gasteiger partial charge in [-0.15, -0.1) is 4.68 Å². The Balaban J connectivity index is 2.02. The highest BCUT2D eigenvalue weighted by Gasteiger charge is 2.29. The summed E-state index contributed by atoms with van der Waals surface area (Å²) in [7, 11) is 0. The normalized spacial score (nSPS) is 12.3. The van der Waals surface area contributed by atoms with Gasteiger partial charge in [0.2, 0.25) is 0 Å². The molecule has 3 heterocycles. The Morgan fingerprint density at radius 2 is 1.63 bits per heavy atom. The highest BCUT2D eigenvalue weighted by atomic mass is 16.6. The van der Waals surface area contributed by atoms with Gasteiger partial charge in [0.25, 0.3) is 0 Å². The molecule has 0 N–H and O–H groups in total. The minimum absolute atomic E-state index is 0.358. The van der Waals surface area contributed by atoms with Crippen molar-refractivity contribution in [2.24, 2.45) is 0 Å². The fraction of sp³-hybridized carbons (Fsp3) is 0.407. The predicted molar refractivity (Wildman–Crippen MR) is 136 cm³/mol. The average Bonchev–Trinajstić information content (AvgIpc) is 3.31. The number of hydrogen-bond acceptors (Lipinski definition) is 6. The number of ether oxygens (including phenoxy) is 2. The number of aryl methyl sites for hydroxylation is 2. The lowest BCUT2D eigenvalue weighted by molar-refractivity contribution is 0.0517. The molecule has 35 heavy (non-hydrogen) atoms. The largest absolute Gasteiger partial charge is 0.443 e. The van der Waals surface area contributed by atoms with E-state index in [0.717, 1.165) is 32.3 Å². The minimum Gasteiger partial charge on any atom is -0.443 e. The minimum atomic E-state index is -0.678. The number of benzene rings is 1. The van der Waals surface area contributed by atoms with Gasteiger partial charge in [0, 0.05) is 22.5 Å². The molecule has 0 unspecified atom stereocenters. The Hall–Kier alpha value is -3.68. The Bertz CT molecular complexity index is 1450. The maximum Gasteiger partial charge on any atom is 0.437 e. The Morgan fingerprint density at radius 3 is 2.26 bits per heavy atom. The molecule has 8 nitrogen and oxygen atoms in total. The van der Waals surface area contributed by atoms with Crippen LogP contribution >= 0.6 is 0 Å². The van der Waals surface area contributed by atoms with Crippen molar-refractivity contribution in [3.63, 3.8) is 0 Å². The van der Waals surface area contributed by atoms with Crippen molar-refractivity contribution in [1.29, 1.82) is 0 Å². The van der Waals surface area contributed by atoms with E-state index in [0.29, 0.717) is 23.1 Å². The Labute approximate surface area is 204 Å². The molecule has 8 heteroatoms. The van der Waals surface area contributed by atoms with E-state index >= 15 is 0 Å². The van der Waals surface area contributed by atoms with E-state index in [-0.39, 0.29) is 0 Å². The van der Waals surface area contributed by atoms with Gasteiger partial charge in [-0.1, -0.05) is 19.1 Å². The maximum atomic E-state index is 13.5. The lowest BCUT2D eigenvalue weighted by Gasteiger charge is -2.21. The van der Waals surface area contributed by atoms with E-state index in [9.17, 15) is 9.59 Å². The summed E-state index contributed by atoms with van der Waals surface area (Å²) in [6.45, 7) is 15.0. The quantitative estimate of drug-likeness (QED) is 0.328. The average molecular weight is 477 g/mol. The molecule has 0 spiro atoms. The summed E-state index contributed by atoms with van der Waals surface area (Å²) in [5.74, 6) is 0. The standard InChI is InChI=1S/C27H32N4O4/c1-9-17-21-16(2)11-10-12-20(21)30(24(32)34-26(3,4)5)22(17)18-13-14-28-23-19(18)15-29-31(23)25(33)35-27(6,7)8/h10-15H,9H2,1-8H3. The van der Waals surface area contributed by atoms with Crippen LogP contribution < -0.4 is 0 Å². The van der Waals surface area contributed by atoms with Gasteiger partial charge in [-0.3, -0.25) is 0 Å². The fourth-order valence-corrected chi connectivity index (χ4v) is 4.30. The number of carbonyl (C=O) groups is 2. The van der Waals surface area contributed by atoms with Crippen LogP contribution in [0.15, 0.2) is 36.7 Å². The maximum absolute atomic E-state index is 13.5. The molecule has 0 fully saturated rings. The van der Waals surface area contributed by atoms with E-state index in [2.05, 4.69) is 17.0 Å². The first-order valence-corrected chi connectivity index (χ1v) is 11.7. The summed E-state index contributed by atoms with van der Waals surface area (Å²) in [4.78, 5) is 30.7. The number of rotatable bonds is 2. The Kier molecular flexibility index (Phi) is 5.95. The van der Waals surface area contributed by atoms with Crippen molar-refractivity contribution >= 4 is 34.1 Å². The number of pyridine rings is 1. The van der Waals surface area contributed by atoms with Gasteiger partial charge in [0.1, 0.15) is 11.2 Å². The molecule has 0 radical (unpaired) electrons. The second kappa shape index (κ2) is 8.52. The summed E-state index contributed by atoms with van der Waals surface area (Å²) in [6.07, 6.45) is 2.81. The van der Waals surface area contributed by atoms with E-state index < -0.39 is 23.4 Å². The third-order valence-electron chi connectivity index (χ3n) is 5.53. The van der Waals surface area contributed by atoms with Crippen LogP contribution in [0.25, 0.3) is 33.2 Å². The van der Waals surface area contributed by atoms with Crippen molar-refractivity contribution in [3.05, 3.63) is 47.8 Å². The molecular formula is C27H32N4O4. The number of aromatic nitrogens is 4. The van der Waals surface area contributed by atoms with Gasteiger partial charge < -0.3 is 9.47 Å². The molecule has 0 bridgehead atoms. The summed E-state index contributed by atoms with van der Waals surface area (Å²) < 4.78 is 14.1. The molecule has 4 aromatic rings. The first-order valence-electron chi connectivity index (χ1n) is 11.7. The molecule has 184 valence electrons. The number of nitrogens with zero attached hydrogens (tertiary/aromatic N) is 4.